The normalized spacial score (nSPS) is 12.7. The highest BCUT2D eigenvalue weighted by Crippen LogP contribution is 2.17. The molecule has 2 aromatic heterocycles. The minimum absolute atomic E-state index is 0. The molecule has 152 valence electrons. The highest BCUT2D eigenvalue weighted by Gasteiger charge is 2.15. The van der Waals surface area contributed by atoms with Crippen molar-refractivity contribution in [1.29, 1.82) is 0 Å². The lowest BCUT2D eigenvalue weighted by Gasteiger charge is -2.22. The number of likely N-dealkylation sites (N-methyl/N-ethyl adjacent to an activating group) is 1. The smallest absolute Gasteiger partial charge is 0.191 e. The van der Waals surface area contributed by atoms with Gasteiger partial charge in [-0.15, -0.1) is 34.2 Å². The van der Waals surface area contributed by atoms with Gasteiger partial charge in [-0.25, -0.2) is 0 Å². The van der Waals surface area contributed by atoms with Crippen LogP contribution in [0.1, 0.15) is 31.3 Å². The number of aliphatic imine (C=N–C) groups is 1. The Morgan fingerprint density at radius 1 is 1.30 bits per heavy atom. The van der Waals surface area contributed by atoms with Crippen molar-refractivity contribution in [1.82, 2.24) is 40.1 Å². The van der Waals surface area contributed by atoms with E-state index in [2.05, 4.69) is 63.3 Å². The number of nitrogens with zero attached hydrogens (tertiary/aromatic N) is 7. The van der Waals surface area contributed by atoms with Gasteiger partial charge in [-0.1, -0.05) is 6.92 Å². The molecule has 10 heteroatoms. The van der Waals surface area contributed by atoms with Gasteiger partial charge in [-0.3, -0.25) is 9.67 Å². The molecule has 0 aliphatic carbocycles. The number of guanidine groups is 1. The first-order valence-electron chi connectivity index (χ1n) is 9.09. The summed E-state index contributed by atoms with van der Waals surface area (Å²) in [6.45, 7) is 7.19. The van der Waals surface area contributed by atoms with Gasteiger partial charge in [-0.05, 0) is 21.0 Å². The lowest BCUT2D eigenvalue weighted by molar-refractivity contribution is 0.306. The lowest BCUT2D eigenvalue weighted by atomic mass is 10.1. The largest absolute Gasteiger partial charge is 0.357 e. The van der Waals surface area contributed by atoms with Crippen LogP contribution in [0.2, 0.25) is 0 Å². The Kier molecular flexibility index (Phi) is 10.3. The Balaban J connectivity index is 0.00000364. The molecular weight excluding hydrogens is 457 g/mol. The van der Waals surface area contributed by atoms with Crippen LogP contribution in [-0.2, 0) is 20.0 Å². The molecule has 0 saturated carbocycles. The van der Waals surface area contributed by atoms with Crippen LogP contribution >= 0.6 is 24.0 Å². The van der Waals surface area contributed by atoms with Crippen molar-refractivity contribution < 1.29 is 0 Å². The van der Waals surface area contributed by atoms with E-state index in [1.165, 1.54) is 0 Å². The highest BCUT2D eigenvalue weighted by molar-refractivity contribution is 14.0. The Labute approximate surface area is 178 Å². The maximum absolute atomic E-state index is 4.76. The molecule has 0 fully saturated rings. The Hall–Kier alpha value is -1.69. The number of rotatable bonds is 9. The molecule has 0 bridgehead atoms. The van der Waals surface area contributed by atoms with Gasteiger partial charge in [0, 0.05) is 44.9 Å². The molecule has 0 aliphatic heterocycles. The van der Waals surface area contributed by atoms with Gasteiger partial charge >= 0.3 is 0 Å². The summed E-state index contributed by atoms with van der Waals surface area (Å²) in [7, 11) is 6.05. The molecule has 9 nitrogen and oxygen atoms in total. The molecule has 0 saturated heterocycles. The molecule has 0 radical (unpaired) electrons. The van der Waals surface area contributed by atoms with Crippen LogP contribution in [0, 0.1) is 0 Å². The summed E-state index contributed by atoms with van der Waals surface area (Å²) in [5, 5.41) is 19.0. The van der Waals surface area contributed by atoms with E-state index in [1.54, 1.807) is 6.33 Å². The zero-order chi connectivity index (χ0) is 18.9. The van der Waals surface area contributed by atoms with Crippen molar-refractivity contribution in [3.63, 3.8) is 0 Å². The number of nitrogens with one attached hydrogen (secondary N) is 2. The molecule has 2 rings (SSSR count). The minimum atomic E-state index is 0. The molecule has 0 aromatic carbocycles. The van der Waals surface area contributed by atoms with Crippen LogP contribution in [0.3, 0.4) is 0 Å². The van der Waals surface area contributed by atoms with Crippen molar-refractivity contribution in [2.24, 2.45) is 12.0 Å². The van der Waals surface area contributed by atoms with Gasteiger partial charge in [0.1, 0.15) is 12.2 Å². The average Bonchev–Trinajstić information content (AvgIpc) is 3.23. The third-order valence-corrected chi connectivity index (χ3v) is 4.16. The van der Waals surface area contributed by atoms with Crippen molar-refractivity contribution in [3.05, 3.63) is 30.1 Å². The molecule has 0 spiro atoms. The molecule has 2 heterocycles. The quantitative estimate of drug-likeness (QED) is 0.311. The maximum atomic E-state index is 4.76. The van der Waals surface area contributed by atoms with Crippen molar-refractivity contribution in [3.8, 4) is 0 Å². The van der Waals surface area contributed by atoms with Crippen LogP contribution in [-0.4, -0.2) is 69.1 Å². The fourth-order valence-electron chi connectivity index (χ4n) is 2.73. The summed E-state index contributed by atoms with van der Waals surface area (Å²) in [4.78, 5) is 6.92. The van der Waals surface area contributed by atoms with E-state index in [9.17, 15) is 0 Å². The van der Waals surface area contributed by atoms with Gasteiger partial charge in [0.25, 0.3) is 0 Å². The molecule has 27 heavy (non-hydrogen) atoms. The minimum Gasteiger partial charge on any atom is -0.357 e. The predicted molar refractivity (Wildman–Crippen MR) is 118 cm³/mol. The Bertz CT molecular complexity index is 692. The van der Waals surface area contributed by atoms with Crippen molar-refractivity contribution in [2.75, 3.05) is 33.7 Å². The predicted octanol–water partition coefficient (Wildman–Crippen LogP) is 1.05. The van der Waals surface area contributed by atoms with Crippen LogP contribution in [0.15, 0.2) is 23.7 Å². The summed E-state index contributed by atoms with van der Waals surface area (Å²) in [5.74, 6) is 1.81. The topological polar surface area (TPSA) is 88.2 Å². The average molecular weight is 489 g/mol. The first kappa shape index (κ1) is 23.3. The standard InChI is InChI=1S/C17H31N9.HI/c1-6-16-23-21-13-26(16)9-8-19-17(18-7-2)20-11-15(24(3)4)14-10-22-25(5)12-14;/h10,12-13,15H,6-9,11H2,1-5H3,(H2,18,19,20);1H. The molecule has 0 amide bonds. The molecule has 1 unspecified atom stereocenters. The van der Waals surface area contributed by atoms with E-state index < -0.39 is 0 Å². The molecular formula is C17H32IN9. The maximum Gasteiger partial charge on any atom is 0.191 e. The van der Waals surface area contributed by atoms with E-state index in [-0.39, 0.29) is 30.0 Å². The first-order valence-corrected chi connectivity index (χ1v) is 9.09. The SMILES string of the molecule is CCNC(=NCC(c1cnn(C)c1)N(C)C)NCCn1cnnc1CC.I. The lowest BCUT2D eigenvalue weighted by Crippen LogP contribution is -2.39. The first-order chi connectivity index (χ1) is 12.5. The van der Waals surface area contributed by atoms with Crippen molar-refractivity contribution in [2.45, 2.75) is 32.9 Å². The number of hydrogen-bond donors (Lipinski definition) is 2. The van der Waals surface area contributed by atoms with E-state index in [1.807, 2.05) is 24.1 Å². The Morgan fingerprint density at radius 2 is 2.07 bits per heavy atom. The fraction of sp³-hybridized carbons (Fsp3) is 0.647. The number of hydrogen-bond acceptors (Lipinski definition) is 5. The summed E-state index contributed by atoms with van der Waals surface area (Å²) in [5.41, 5.74) is 1.16. The van der Waals surface area contributed by atoms with Crippen LogP contribution < -0.4 is 10.6 Å². The van der Waals surface area contributed by atoms with E-state index in [4.69, 9.17) is 4.99 Å². The second kappa shape index (κ2) is 11.9. The van der Waals surface area contributed by atoms with Gasteiger partial charge in [0.05, 0.1) is 18.8 Å². The second-order valence-corrected chi connectivity index (χ2v) is 6.37. The summed E-state index contributed by atoms with van der Waals surface area (Å²) < 4.78 is 3.89. The van der Waals surface area contributed by atoms with Crippen LogP contribution in [0.4, 0.5) is 0 Å². The third kappa shape index (κ3) is 7.09. The third-order valence-electron chi connectivity index (χ3n) is 4.16. The molecule has 2 N–H and O–H groups in total. The van der Waals surface area contributed by atoms with E-state index in [0.717, 1.165) is 43.4 Å². The number of aryl methyl sites for hydroxylation is 2. The fourth-order valence-corrected chi connectivity index (χ4v) is 2.73. The zero-order valence-corrected chi connectivity index (χ0v) is 19.2. The van der Waals surface area contributed by atoms with Gasteiger partial charge < -0.3 is 20.1 Å². The van der Waals surface area contributed by atoms with Gasteiger partial charge in [0.15, 0.2) is 5.96 Å². The number of halogens is 1. The Morgan fingerprint density at radius 3 is 2.67 bits per heavy atom. The van der Waals surface area contributed by atoms with Crippen LogP contribution in [0.25, 0.3) is 0 Å². The van der Waals surface area contributed by atoms with Gasteiger partial charge in [-0.2, -0.15) is 5.10 Å². The van der Waals surface area contributed by atoms with Crippen LogP contribution in [0.5, 0.6) is 0 Å². The van der Waals surface area contributed by atoms with E-state index >= 15 is 0 Å². The van der Waals surface area contributed by atoms with Crippen molar-refractivity contribution >= 4 is 29.9 Å². The number of aromatic nitrogens is 5. The zero-order valence-electron chi connectivity index (χ0n) is 16.9. The second-order valence-electron chi connectivity index (χ2n) is 6.37. The highest BCUT2D eigenvalue weighted by atomic mass is 127. The van der Waals surface area contributed by atoms with Gasteiger partial charge in [0.2, 0.25) is 0 Å². The molecule has 0 aliphatic rings. The summed E-state index contributed by atoms with van der Waals surface area (Å²) in [6.07, 6.45) is 6.59. The summed E-state index contributed by atoms with van der Waals surface area (Å²) in [6, 6.07) is 0.184. The summed E-state index contributed by atoms with van der Waals surface area (Å²) >= 11 is 0. The molecule has 2 aromatic rings. The van der Waals surface area contributed by atoms with E-state index in [0.29, 0.717) is 6.54 Å². The molecule has 1 atom stereocenters. The monoisotopic (exact) mass is 489 g/mol.